The van der Waals surface area contributed by atoms with Crippen LogP contribution in [0.3, 0.4) is 0 Å². The Morgan fingerprint density at radius 1 is 1.05 bits per heavy atom. The fourth-order valence-corrected chi connectivity index (χ4v) is 3.03. The van der Waals surface area contributed by atoms with Crippen molar-refractivity contribution in [1.29, 1.82) is 0 Å². The van der Waals surface area contributed by atoms with Crippen LogP contribution in [0.4, 0.5) is 0 Å². The summed E-state index contributed by atoms with van der Waals surface area (Å²) in [5.74, 6) is 0.778. The van der Waals surface area contributed by atoms with Crippen LogP contribution >= 0.6 is 0 Å². The van der Waals surface area contributed by atoms with E-state index in [-0.39, 0.29) is 12.5 Å². The fourth-order valence-electron chi connectivity index (χ4n) is 3.03. The van der Waals surface area contributed by atoms with Crippen LogP contribution in [0.2, 0.25) is 0 Å². The van der Waals surface area contributed by atoms with Crippen molar-refractivity contribution in [2.45, 2.75) is 64.8 Å². The summed E-state index contributed by atoms with van der Waals surface area (Å²) in [6.07, 6.45) is 8.60. The van der Waals surface area contributed by atoms with E-state index in [1.807, 2.05) is 26.0 Å². The summed E-state index contributed by atoms with van der Waals surface area (Å²) in [4.78, 5) is 12.0. The largest absolute Gasteiger partial charge is 0.484 e. The quantitative estimate of drug-likeness (QED) is 0.912. The molecule has 0 spiro atoms. The van der Waals surface area contributed by atoms with Gasteiger partial charge >= 0.3 is 0 Å². The van der Waals surface area contributed by atoms with Gasteiger partial charge in [-0.3, -0.25) is 4.79 Å². The van der Waals surface area contributed by atoms with Crippen LogP contribution in [0.25, 0.3) is 0 Å². The van der Waals surface area contributed by atoms with Crippen LogP contribution in [0, 0.1) is 13.8 Å². The maximum Gasteiger partial charge on any atom is 0.258 e. The van der Waals surface area contributed by atoms with E-state index >= 15 is 0 Å². The van der Waals surface area contributed by atoms with Crippen LogP contribution in [0.1, 0.15) is 56.1 Å². The van der Waals surface area contributed by atoms with Crippen LogP contribution in [0.15, 0.2) is 18.2 Å². The molecule has 3 heteroatoms. The highest BCUT2D eigenvalue weighted by atomic mass is 16.5. The molecular weight excluding hydrogens is 262 g/mol. The zero-order valence-electron chi connectivity index (χ0n) is 13.3. The molecule has 1 aromatic carbocycles. The SMILES string of the molecule is Cc1cc(C)cc(OCC(=O)NC2CCCCCCC2)c1. The maximum atomic E-state index is 12.0. The predicted octanol–water partition coefficient (Wildman–Crippen LogP) is 3.91. The molecule has 0 bridgehead atoms. The van der Waals surface area contributed by atoms with Gasteiger partial charge < -0.3 is 10.1 Å². The molecule has 2 rings (SSSR count). The predicted molar refractivity (Wildman–Crippen MR) is 85.7 cm³/mol. The van der Waals surface area contributed by atoms with Crippen LogP contribution in [0.5, 0.6) is 5.75 Å². The lowest BCUT2D eigenvalue weighted by atomic mass is 9.97. The number of aryl methyl sites for hydroxylation is 2. The molecule has 3 nitrogen and oxygen atoms in total. The smallest absolute Gasteiger partial charge is 0.258 e. The number of carbonyl (C=O) groups is 1. The Kier molecular flexibility index (Phi) is 6.09. The highest BCUT2D eigenvalue weighted by Crippen LogP contribution is 2.18. The molecule has 0 unspecified atom stereocenters. The molecule has 1 N–H and O–H groups in total. The monoisotopic (exact) mass is 289 g/mol. The summed E-state index contributed by atoms with van der Waals surface area (Å²) in [6.45, 7) is 4.18. The first-order valence-corrected chi connectivity index (χ1v) is 8.14. The Morgan fingerprint density at radius 2 is 1.62 bits per heavy atom. The zero-order chi connectivity index (χ0) is 15.1. The van der Waals surface area contributed by atoms with Crippen molar-refractivity contribution in [2.75, 3.05) is 6.61 Å². The molecular formula is C18H27NO2. The van der Waals surface area contributed by atoms with Crippen molar-refractivity contribution >= 4 is 5.91 Å². The number of carbonyl (C=O) groups excluding carboxylic acids is 1. The minimum absolute atomic E-state index is 0.000248. The molecule has 0 atom stereocenters. The fraction of sp³-hybridized carbons (Fsp3) is 0.611. The molecule has 21 heavy (non-hydrogen) atoms. The normalized spacial score (nSPS) is 16.9. The van der Waals surface area contributed by atoms with E-state index in [1.54, 1.807) is 0 Å². The lowest BCUT2D eigenvalue weighted by molar-refractivity contribution is -0.123. The number of rotatable bonds is 4. The second-order valence-corrected chi connectivity index (χ2v) is 6.22. The molecule has 0 saturated heterocycles. The van der Waals surface area contributed by atoms with Crippen molar-refractivity contribution < 1.29 is 9.53 Å². The van der Waals surface area contributed by atoms with Gasteiger partial charge in [0, 0.05) is 6.04 Å². The molecule has 1 aromatic rings. The van der Waals surface area contributed by atoms with Crippen molar-refractivity contribution in [3.8, 4) is 5.75 Å². The standard InChI is InChI=1S/C18H27NO2/c1-14-10-15(2)12-17(11-14)21-13-18(20)19-16-8-6-4-3-5-7-9-16/h10-12,16H,3-9,13H2,1-2H3,(H,19,20). The minimum Gasteiger partial charge on any atom is -0.484 e. The van der Waals surface area contributed by atoms with Crippen LogP contribution in [-0.4, -0.2) is 18.6 Å². The lowest BCUT2D eigenvalue weighted by Crippen LogP contribution is -2.38. The molecule has 0 radical (unpaired) electrons. The molecule has 1 aliphatic carbocycles. The van der Waals surface area contributed by atoms with Crippen LogP contribution < -0.4 is 10.1 Å². The van der Waals surface area contributed by atoms with Gasteiger partial charge in [0.05, 0.1) is 0 Å². The van der Waals surface area contributed by atoms with Crippen molar-refractivity contribution in [2.24, 2.45) is 0 Å². The summed E-state index contributed by atoms with van der Waals surface area (Å²) < 4.78 is 5.61. The van der Waals surface area contributed by atoms with Gasteiger partial charge in [-0.05, 0) is 49.9 Å². The molecule has 1 saturated carbocycles. The van der Waals surface area contributed by atoms with Gasteiger partial charge in [0.1, 0.15) is 5.75 Å². The van der Waals surface area contributed by atoms with Crippen molar-refractivity contribution in [1.82, 2.24) is 5.32 Å². The van der Waals surface area contributed by atoms with Gasteiger partial charge in [0.15, 0.2) is 6.61 Å². The van der Waals surface area contributed by atoms with E-state index in [2.05, 4.69) is 11.4 Å². The third kappa shape index (κ3) is 5.78. The summed E-state index contributed by atoms with van der Waals surface area (Å²) in [5, 5.41) is 3.12. The van der Waals surface area contributed by atoms with E-state index in [0.717, 1.165) is 29.7 Å². The average molecular weight is 289 g/mol. The van der Waals surface area contributed by atoms with Gasteiger partial charge in [-0.1, -0.05) is 38.2 Å². The van der Waals surface area contributed by atoms with Gasteiger partial charge in [0.2, 0.25) is 0 Å². The molecule has 0 aliphatic heterocycles. The molecule has 116 valence electrons. The Balaban J connectivity index is 1.78. The third-order valence-corrected chi connectivity index (χ3v) is 4.04. The average Bonchev–Trinajstić information content (AvgIpc) is 2.38. The van der Waals surface area contributed by atoms with Gasteiger partial charge in [0.25, 0.3) is 5.91 Å². The second kappa shape index (κ2) is 8.06. The Labute approximate surface area is 128 Å². The number of benzene rings is 1. The molecule has 1 aliphatic rings. The Bertz CT molecular complexity index is 442. The first kappa shape index (κ1) is 15.9. The summed E-state index contributed by atoms with van der Waals surface area (Å²) in [7, 11) is 0. The number of amides is 1. The molecule has 0 aromatic heterocycles. The summed E-state index contributed by atoms with van der Waals surface area (Å²) >= 11 is 0. The van der Waals surface area contributed by atoms with Gasteiger partial charge in [-0.15, -0.1) is 0 Å². The topological polar surface area (TPSA) is 38.3 Å². The number of hydrogen-bond donors (Lipinski definition) is 1. The van der Waals surface area contributed by atoms with E-state index in [9.17, 15) is 4.79 Å². The second-order valence-electron chi connectivity index (χ2n) is 6.22. The summed E-state index contributed by atoms with van der Waals surface area (Å²) in [6, 6.07) is 6.37. The van der Waals surface area contributed by atoms with E-state index in [1.165, 1.54) is 32.1 Å². The van der Waals surface area contributed by atoms with E-state index in [0.29, 0.717) is 6.04 Å². The summed E-state index contributed by atoms with van der Waals surface area (Å²) in [5.41, 5.74) is 2.32. The van der Waals surface area contributed by atoms with Crippen LogP contribution in [-0.2, 0) is 4.79 Å². The number of hydrogen-bond acceptors (Lipinski definition) is 2. The molecule has 1 amide bonds. The Morgan fingerprint density at radius 3 is 2.24 bits per heavy atom. The first-order chi connectivity index (χ1) is 10.1. The van der Waals surface area contributed by atoms with E-state index < -0.39 is 0 Å². The number of ether oxygens (including phenoxy) is 1. The third-order valence-electron chi connectivity index (χ3n) is 4.04. The molecule has 0 heterocycles. The minimum atomic E-state index is -0.000248. The molecule has 1 fully saturated rings. The van der Waals surface area contributed by atoms with Gasteiger partial charge in [-0.25, -0.2) is 0 Å². The zero-order valence-corrected chi connectivity index (χ0v) is 13.3. The highest BCUT2D eigenvalue weighted by molar-refractivity contribution is 5.77. The van der Waals surface area contributed by atoms with Crippen molar-refractivity contribution in [3.05, 3.63) is 29.3 Å². The maximum absolute atomic E-state index is 12.0. The highest BCUT2D eigenvalue weighted by Gasteiger charge is 2.14. The van der Waals surface area contributed by atoms with E-state index in [4.69, 9.17) is 4.74 Å². The number of nitrogens with one attached hydrogen (secondary N) is 1. The van der Waals surface area contributed by atoms with Crippen molar-refractivity contribution in [3.63, 3.8) is 0 Å². The Hall–Kier alpha value is -1.51. The van der Waals surface area contributed by atoms with Gasteiger partial charge in [-0.2, -0.15) is 0 Å². The lowest BCUT2D eigenvalue weighted by Gasteiger charge is -2.21. The first-order valence-electron chi connectivity index (χ1n) is 8.14.